The molecule has 1 fully saturated rings. The molecule has 0 spiro atoms. The number of amides is 1. The summed E-state index contributed by atoms with van der Waals surface area (Å²) in [6.45, 7) is 7.15. The Balaban J connectivity index is 2.32. The number of ether oxygens (including phenoxy) is 1. The van der Waals surface area contributed by atoms with E-state index < -0.39 is 5.60 Å². The fourth-order valence-electron chi connectivity index (χ4n) is 1.95. The van der Waals surface area contributed by atoms with Crippen molar-refractivity contribution in [2.45, 2.75) is 51.3 Å². The summed E-state index contributed by atoms with van der Waals surface area (Å²) in [5.74, 6) is 0. The molecule has 0 aromatic heterocycles. The molecule has 0 radical (unpaired) electrons. The molecule has 5 nitrogen and oxygen atoms in total. The van der Waals surface area contributed by atoms with Gasteiger partial charge in [-0.2, -0.15) is 0 Å². The molecule has 17 heavy (non-hydrogen) atoms. The first-order valence-corrected chi connectivity index (χ1v) is 6.20. The maximum absolute atomic E-state index is 11.5. The van der Waals surface area contributed by atoms with Gasteiger partial charge in [-0.1, -0.05) is 0 Å². The van der Waals surface area contributed by atoms with Crippen LogP contribution in [0.2, 0.25) is 0 Å². The fraction of sp³-hybridized carbons (Fsp3) is 0.917. The number of nitrogens with zero attached hydrogens (tertiary/aromatic N) is 1. The Labute approximate surface area is 104 Å². The number of likely N-dealkylation sites (tertiary alicyclic amines) is 1. The molecule has 0 aliphatic carbocycles. The van der Waals surface area contributed by atoms with Gasteiger partial charge in [-0.15, -0.1) is 0 Å². The van der Waals surface area contributed by atoms with E-state index in [9.17, 15) is 4.79 Å². The molecular weight excluding hydrogens is 218 g/mol. The molecule has 0 saturated carbocycles. The molecular formula is C12H25N3O2. The second kappa shape index (κ2) is 5.69. The number of likely N-dealkylation sites (N-methyl/N-ethyl adjacent to an activating group) is 1. The molecule has 0 aromatic carbocycles. The molecule has 3 N–H and O–H groups in total. The zero-order chi connectivity index (χ0) is 13.1. The number of piperidine rings is 1. The first-order valence-electron chi connectivity index (χ1n) is 6.20. The zero-order valence-electron chi connectivity index (χ0n) is 11.3. The summed E-state index contributed by atoms with van der Waals surface area (Å²) in [6.07, 6.45) is 1.59. The van der Waals surface area contributed by atoms with Crippen molar-refractivity contribution in [2.75, 3.05) is 20.1 Å². The lowest BCUT2D eigenvalue weighted by molar-refractivity contribution is 0.0500. The molecule has 1 amide bonds. The quantitative estimate of drug-likeness (QED) is 0.757. The molecule has 100 valence electrons. The van der Waals surface area contributed by atoms with Gasteiger partial charge in [0.15, 0.2) is 0 Å². The molecule has 1 heterocycles. The van der Waals surface area contributed by atoms with Crippen LogP contribution in [0.25, 0.3) is 0 Å². The number of carbonyl (C=O) groups is 1. The normalized spacial score (nSPS) is 26.6. The molecule has 1 rings (SSSR count). The lowest BCUT2D eigenvalue weighted by Gasteiger charge is -2.35. The third kappa shape index (κ3) is 5.37. The number of hydrogen-bond donors (Lipinski definition) is 2. The standard InChI is InChI=1S/C12H25N3O2/c1-12(2,3)17-11(16)14-8-10-7-9(13)5-6-15(10)4/h9-10H,5-8,13H2,1-4H3,(H,14,16). The summed E-state index contributed by atoms with van der Waals surface area (Å²) in [7, 11) is 2.06. The number of hydrogen-bond acceptors (Lipinski definition) is 4. The number of nitrogens with two attached hydrogens (primary N) is 1. The van der Waals surface area contributed by atoms with Gasteiger partial charge >= 0.3 is 6.09 Å². The van der Waals surface area contributed by atoms with Crippen LogP contribution in [0.5, 0.6) is 0 Å². The van der Waals surface area contributed by atoms with Crippen molar-refractivity contribution in [3.63, 3.8) is 0 Å². The second-order valence-corrected chi connectivity index (χ2v) is 5.80. The van der Waals surface area contributed by atoms with Gasteiger partial charge in [0.2, 0.25) is 0 Å². The molecule has 1 aliphatic heterocycles. The van der Waals surface area contributed by atoms with Crippen LogP contribution >= 0.6 is 0 Å². The van der Waals surface area contributed by atoms with E-state index in [4.69, 9.17) is 10.5 Å². The Bertz CT molecular complexity index is 263. The van der Waals surface area contributed by atoms with Crippen LogP contribution in [0.1, 0.15) is 33.6 Å². The largest absolute Gasteiger partial charge is 0.444 e. The van der Waals surface area contributed by atoms with Gasteiger partial charge in [-0.3, -0.25) is 0 Å². The van der Waals surface area contributed by atoms with E-state index in [1.165, 1.54) is 0 Å². The highest BCUT2D eigenvalue weighted by atomic mass is 16.6. The maximum atomic E-state index is 11.5. The highest BCUT2D eigenvalue weighted by molar-refractivity contribution is 5.67. The van der Waals surface area contributed by atoms with Gasteiger partial charge in [0.05, 0.1) is 0 Å². The topological polar surface area (TPSA) is 67.6 Å². The smallest absolute Gasteiger partial charge is 0.407 e. The molecule has 2 atom stereocenters. The first kappa shape index (κ1) is 14.3. The van der Waals surface area contributed by atoms with Gasteiger partial charge in [0.1, 0.15) is 5.60 Å². The van der Waals surface area contributed by atoms with E-state index in [2.05, 4.69) is 17.3 Å². The van der Waals surface area contributed by atoms with Crippen LogP contribution in [-0.2, 0) is 4.74 Å². The number of carbonyl (C=O) groups excluding carboxylic acids is 1. The van der Waals surface area contributed by atoms with Crippen LogP contribution in [-0.4, -0.2) is 48.8 Å². The lowest BCUT2D eigenvalue weighted by atomic mass is 9.98. The highest BCUT2D eigenvalue weighted by Gasteiger charge is 2.25. The summed E-state index contributed by atoms with van der Waals surface area (Å²) < 4.78 is 5.19. The van der Waals surface area contributed by atoms with Gasteiger partial charge in [-0.25, -0.2) is 4.79 Å². The molecule has 0 bridgehead atoms. The fourth-order valence-corrected chi connectivity index (χ4v) is 1.95. The van der Waals surface area contributed by atoms with Crippen LogP contribution in [0, 0.1) is 0 Å². The third-order valence-corrected chi connectivity index (χ3v) is 2.93. The lowest BCUT2D eigenvalue weighted by Crippen LogP contribution is -2.50. The minimum Gasteiger partial charge on any atom is -0.444 e. The van der Waals surface area contributed by atoms with Crippen molar-refractivity contribution >= 4 is 6.09 Å². The second-order valence-electron chi connectivity index (χ2n) is 5.80. The van der Waals surface area contributed by atoms with Crippen LogP contribution in [0.3, 0.4) is 0 Å². The first-order chi connectivity index (χ1) is 7.78. The van der Waals surface area contributed by atoms with Gasteiger partial charge in [0, 0.05) is 18.6 Å². The zero-order valence-corrected chi connectivity index (χ0v) is 11.3. The van der Waals surface area contributed by atoms with Crippen molar-refractivity contribution in [1.29, 1.82) is 0 Å². The maximum Gasteiger partial charge on any atom is 0.407 e. The van der Waals surface area contributed by atoms with Crippen molar-refractivity contribution in [1.82, 2.24) is 10.2 Å². The minimum absolute atomic E-state index is 0.247. The van der Waals surface area contributed by atoms with Crippen molar-refractivity contribution in [2.24, 2.45) is 5.73 Å². The predicted octanol–water partition coefficient (Wildman–Crippen LogP) is 0.933. The van der Waals surface area contributed by atoms with E-state index >= 15 is 0 Å². The molecule has 5 heteroatoms. The SMILES string of the molecule is CN1CCC(N)CC1CNC(=O)OC(C)(C)C. The average molecular weight is 243 g/mol. The van der Waals surface area contributed by atoms with E-state index in [-0.39, 0.29) is 12.1 Å². The summed E-state index contributed by atoms with van der Waals surface area (Å²) in [6, 6.07) is 0.558. The number of rotatable bonds is 2. The van der Waals surface area contributed by atoms with Crippen LogP contribution in [0.4, 0.5) is 4.79 Å². The summed E-state index contributed by atoms with van der Waals surface area (Å²) in [4.78, 5) is 13.7. The Morgan fingerprint density at radius 3 is 2.76 bits per heavy atom. The van der Waals surface area contributed by atoms with E-state index in [0.29, 0.717) is 12.6 Å². The summed E-state index contributed by atoms with van der Waals surface area (Å²) in [5, 5.41) is 2.80. The van der Waals surface area contributed by atoms with E-state index in [0.717, 1.165) is 19.4 Å². The predicted molar refractivity (Wildman–Crippen MR) is 67.9 cm³/mol. The van der Waals surface area contributed by atoms with Gasteiger partial charge in [0.25, 0.3) is 0 Å². The van der Waals surface area contributed by atoms with Crippen molar-refractivity contribution in [3.05, 3.63) is 0 Å². The molecule has 2 unspecified atom stereocenters. The summed E-state index contributed by atoms with van der Waals surface area (Å²) in [5.41, 5.74) is 5.48. The Morgan fingerprint density at radius 1 is 1.53 bits per heavy atom. The molecule has 1 aliphatic rings. The Hall–Kier alpha value is -0.810. The Morgan fingerprint density at radius 2 is 2.18 bits per heavy atom. The van der Waals surface area contributed by atoms with Crippen molar-refractivity contribution in [3.8, 4) is 0 Å². The third-order valence-electron chi connectivity index (χ3n) is 2.93. The number of nitrogens with one attached hydrogen (secondary N) is 1. The molecule has 1 saturated heterocycles. The van der Waals surface area contributed by atoms with E-state index in [1.807, 2.05) is 20.8 Å². The highest BCUT2D eigenvalue weighted by Crippen LogP contribution is 2.14. The summed E-state index contributed by atoms with van der Waals surface area (Å²) >= 11 is 0. The molecule has 0 aromatic rings. The van der Waals surface area contributed by atoms with Crippen molar-refractivity contribution < 1.29 is 9.53 Å². The van der Waals surface area contributed by atoms with Gasteiger partial charge < -0.3 is 20.7 Å². The van der Waals surface area contributed by atoms with Gasteiger partial charge in [-0.05, 0) is 47.2 Å². The van der Waals surface area contributed by atoms with E-state index in [1.54, 1.807) is 0 Å². The minimum atomic E-state index is -0.445. The Kier molecular flexibility index (Phi) is 4.77. The average Bonchev–Trinajstić information content (AvgIpc) is 2.17. The number of alkyl carbamates (subject to hydrolysis) is 1. The van der Waals surface area contributed by atoms with Crippen LogP contribution < -0.4 is 11.1 Å². The monoisotopic (exact) mass is 243 g/mol. The van der Waals surface area contributed by atoms with Crippen LogP contribution in [0.15, 0.2) is 0 Å².